The van der Waals surface area contributed by atoms with Gasteiger partial charge in [0.1, 0.15) is 6.04 Å². The standard InChI is InChI=1S/C11H10N2O5/c14-9-5-8(10(12-9)11(15)16)6-1-3-7(4-2-6)13(17)18/h1-4,8,10H,5H2,(H,12,14)(H,15,16)/t8?,10-/m0/s1. The highest BCUT2D eigenvalue weighted by Crippen LogP contribution is 2.29. The van der Waals surface area contributed by atoms with Gasteiger partial charge in [-0.15, -0.1) is 0 Å². The highest BCUT2D eigenvalue weighted by molar-refractivity contribution is 5.89. The van der Waals surface area contributed by atoms with E-state index in [1.165, 1.54) is 24.3 Å². The van der Waals surface area contributed by atoms with E-state index in [9.17, 15) is 19.7 Å². The van der Waals surface area contributed by atoms with Crippen molar-refractivity contribution in [2.24, 2.45) is 0 Å². The summed E-state index contributed by atoms with van der Waals surface area (Å²) in [5.41, 5.74) is 0.536. The number of carboxylic acids is 1. The van der Waals surface area contributed by atoms with Crippen LogP contribution in [0.3, 0.4) is 0 Å². The number of rotatable bonds is 3. The van der Waals surface area contributed by atoms with Crippen molar-refractivity contribution in [3.63, 3.8) is 0 Å². The quantitative estimate of drug-likeness (QED) is 0.604. The van der Waals surface area contributed by atoms with Crippen LogP contribution >= 0.6 is 0 Å². The van der Waals surface area contributed by atoms with Crippen LogP contribution in [0.1, 0.15) is 17.9 Å². The fraction of sp³-hybridized carbons (Fsp3) is 0.273. The molecule has 1 amide bonds. The van der Waals surface area contributed by atoms with Crippen LogP contribution in [0.15, 0.2) is 24.3 Å². The van der Waals surface area contributed by atoms with Crippen molar-refractivity contribution in [2.75, 3.05) is 0 Å². The summed E-state index contributed by atoms with van der Waals surface area (Å²) in [5, 5.41) is 21.9. The average molecular weight is 250 g/mol. The highest BCUT2D eigenvalue weighted by atomic mass is 16.6. The Morgan fingerprint density at radius 2 is 2.00 bits per heavy atom. The van der Waals surface area contributed by atoms with E-state index < -0.39 is 22.9 Å². The molecule has 1 aliphatic rings. The van der Waals surface area contributed by atoms with E-state index in [2.05, 4.69) is 5.32 Å². The monoisotopic (exact) mass is 250 g/mol. The maximum absolute atomic E-state index is 11.2. The van der Waals surface area contributed by atoms with Gasteiger partial charge in [-0.1, -0.05) is 12.1 Å². The van der Waals surface area contributed by atoms with Crippen molar-refractivity contribution in [1.82, 2.24) is 5.32 Å². The molecule has 18 heavy (non-hydrogen) atoms. The molecule has 0 aromatic heterocycles. The van der Waals surface area contributed by atoms with E-state index >= 15 is 0 Å². The number of nitro benzene ring substituents is 1. The van der Waals surface area contributed by atoms with E-state index in [-0.39, 0.29) is 18.0 Å². The average Bonchev–Trinajstić information content (AvgIpc) is 2.71. The Morgan fingerprint density at radius 1 is 1.39 bits per heavy atom. The molecule has 7 nitrogen and oxygen atoms in total. The molecule has 1 fully saturated rings. The fourth-order valence-corrected chi connectivity index (χ4v) is 2.04. The molecular formula is C11H10N2O5. The molecule has 2 N–H and O–H groups in total. The molecule has 1 aromatic rings. The molecule has 1 aromatic carbocycles. The molecule has 1 heterocycles. The number of carboxylic acid groups (broad SMARTS) is 1. The Morgan fingerprint density at radius 3 is 2.50 bits per heavy atom. The molecule has 2 atom stereocenters. The Balaban J connectivity index is 2.27. The van der Waals surface area contributed by atoms with Crippen LogP contribution in [0.2, 0.25) is 0 Å². The zero-order valence-corrected chi connectivity index (χ0v) is 9.20. The summed E-state index contributed by atoms with van der Waals surface area (Å²) in [6.45, 7) is 0. The summed E-state index contributed by atoms with van der Waals surface area (Å²) >= 11 is 0. The van der Waals surface area contributed by atoms with Crippen LogP contribution in [0, 0.1) is 10.1 Å². The SMILES string of the molecule is O=C1CC(c2ccc([N+](=O)[O-])cc2)[C@@H](C(=O)O)N1. The normalized spacial score (nSPS) is 22.6. The van der Waals surface area contributed by atoms with Gasteiger partial charge in [0.25, 0.3) is 5.69 Å². The van der Waals surface area contributed by atoms with Crippen LogP contribution in [-0.2, 0) is 9.59 Å². The van der Waals surface area contributed by atoms with Gasteiger partial charge in [-0.05, 0) is 5.56 Å². The molecule has 94 valence electrons. The van der Waals surface area contributed by atoms with E-state index in [0.29, 0.717) is 5.56 Å². The van der Waals surface area contributed by atoms with Gasteiger partial charge in [-0.25, -0.2) is 4.79 Å². The van der Waals surface area contributed by atoms with Gasteiger partial charge >= 0.3 is 5.97 Å². The molecule has 0 aliphatic carbocycles. The van der Waals surface area contributed by atoms with Gasteiger partial charge in [0.2, 0.25) is 5.91 Å². The number of nitrogens with one attached hydrogen (secondary N) is 1. The Kier molecular flexibility index (Phi) is 2.97. The van der Waals surface area contributed by atoms with E-state index in [0.717, 1.165) is 0 Å². The first-order valence-electron chi connectivity index (χ1n) is 5.25. The largest absolute Gasteiger partial charge is 0.480 e. The van der Waals surface area contributed by atoms with Crippen molar-refractivity contribution in [1.29, 1.82) is 0 Å². The molecule has 0 spiro atoms. The number of carbonyl (C=O) groups is 2. The van der Waals surface area contributed by atoms with Crippen molar-refractivity contribution in [3.05, 3.63) is 39.9 Å². The second-order valence-electron chi connectivity index (χ2n) is 4.04. The maximum Gasteiger partial charge on any atom is 0.326 e. The van der Waals surface area contributed by atoms with Crippen molar-refractivity contribution < 1.29 is 19.6 Å². The third kappa shape index (κ3) is 2.15. The molecule has 7 heteroatoms. The minimum Gasteiger partial charge on any atom is -0.480 e. The molecule has 1 unspecified atom stereocenters. The van der Waals surface area contributed by atoms with E-state index in [1.54, 1.807) is 0 Å². The molecule has 0 bridgehead atoms. The summed E-state index contributed by atoms with van der Waals surface area (Å²) in [6.07, 6.45) is 0.0782. The first kappa shape index (κ1) is 12.0. The minimum atomic E-state index is -1.11. The number of non-ortho nitro benzene ring substituents is 1. The predicted octanol–water partition coefficient (Wildman–Crippen LogP) is 0.651. The number of hydrogen-bond donors (Lipinski definition) is 2. The first-order valence-corrected chi connectivity index (χ1v) is 5.25. The van der Waals surface area contributed by atoms with Crippen molar-refractivity contribution in [3.8, 4) is 0 Å². The molecule has 1 saturated heterocycles. The third-order valence-electron chi connectivity index (χ3n) is 2.92. The van der Waals surface area contributed by atoms with Gasteiger partial charge in [0.05, 0.1) is 4.92 Å². The highest BCUT2D eigenvalue weighted by Gasteiger charge is 2.38. The number of benzene rings is 1. The summed E-state index contributed by atoms with van der Waals surface area (Å²) in [4.78, 5) is 32.2. The number of nitrogens with zero attached hydrogens (tertiary/aromatic N) is 1. The number of carbonyl (C=O) groups excluding carboxylic acids is 1. The molecule has 1 aliphatic heterocycles. The van der Waals surface area contributed by atoms with Gasteiger partial charge in [0, 0.05) is 24.5 Å². The topological polar surface area (TPSA) is 110 Å². The lowest BCUT2D eigenvalue weighted by Crippen LogP contribution is -2.36. The lowest BCUT2D eigenvalue weighted by atomic mass is 9.92. The molecule has 0 saturated carbocycles. The smallest absolute Gasteiger partial charge is 0.326 e. The molecule has 2 rings (SSSR count). The molecule has 0 radical (unpaired) electrons. The van der Waals surface area contributed by atoms with Crippen molar-refractivity contribution in [2.45, 2.75) is 18.4 Å². The Hall–Kier alpha value is -2.44. The van der Waals surface area contributed by atoms with Crippen LogP contribution in [-0.4, -0.2) is 27.9 Å². The number of nitro groups is 1. The van der Waals surface area contributed by atoms with Gasteiger partial charge < -0.3 is 10.4 Å². The summed E-state index contributed by atoms with van der Waals surface area (Å²) in [5.74, 6) is -1.93. The van der Waals surface area contributed by atoms with Gasteiger partial charge in [-0.2, -0.15) is 0 Å². The van der Waals surface area contributed by atoms with Crippen molar-refractivity contribution >= 4 is 17.6 Å². The van der Waals surface area contributed by atoms with Crippen LogP contribution < -0.4 is 5.32 Å². The summed E-state index contributed by atoms with van der Waals surface area (Å²) < 4.78 is 0. The first-order chi connectivity index (χ1) is 8.49. The predicted molar refractivity (Wildman–Crippen MR) is 60.0 cm³/mol. The Labute approximate surface area is 102 Å². The van der Waals surface area contributed by atoms with Crippen LogP contribution in [0.4, 0.5) is 5.69 Å². The lowest BCUT2D eigenvalue weighted by molar-refractivity contribution is -0.384. The van der Waals surface area contributed by atoms with Crippen LogP contribution in [0.5, 0.6) is 0 Å². The maximum atomic E-state index is 11.2. The second kappa shape index (κ2) is 4.44. The molecular weight excluding hydrogens is 240 g/mol. The zero-order valence-electron chi connectivity index (χ0n) is 9.20. The number of hydrogen-bond acceptors (Lipinski definition) is 4. The van der Waals surface area contributed by atoms with Gasteiger partial charge in [0.15, 0.2) is 0 Å². The van der Waals surface area contributed by atoms with Crippen LogP contribution in [0.25, 0.3) is 0 Å². The lowest BCUT2D eigenvalue weighted by Gasteiger charge is -2.14. The third-order valence-corrected chi connectivity index (χ3v) is 2.92. The zero-order chi connectivity index (χ0) is 13.3. The van der Waals surface area contributed by atoms with E-state index in [4.69, 9.17) is 5.11 Å². The Bertz CT molecular complexity index is 511. The van der Waals surface area contributed by atoms with E-state index in [1.807, 2.05) is 0 Å². The minimum absolute atomic E-state index is 0.0668. The van der Waals surface area contributed by atoms with Gasteiger partial charge in [-0.3, -0.25) is 14.9 Å². The summed E-state index contributed by atoms with van der Waals surface area (Å²) in [7, 11) is 0. The number of aliphatic carboxylic acids is 1. The fourth-order valence-electron chi connectivity index (χ4n) is 2.04. The second-order valence-corrected chi connectivity index (χ2v) is 4.04. The summed E-state index contributed by atoms with van der Waals surface area (Å²) in [6, 6.07) is 4.60. The number of amides is 1.